The highest BCUT2D eigenvalue weighted by molar-refractivity contribution is 7.90. The van der Waals surface area contributed by atoms with E-state index in [1.54, 1.807) is 13.8 Å². The molecular formula is C12H23NO5S. The molecule has 1 rings (SSSR count). The van der Waals surface area contributed by atoms with Crippen molar-refractivity contribution in [2.75, 3.05) is 20.3 Å². The number of carbonyl (C=O) groups excluding carboxylic acids is 1. The summed E-state index contributed by atoms with van der Waals surface area (Å²) in [4.78, 5) is 11.6. The van der Waals surface area contributed by atoms with Gasteiger partial charge in [0.05, 0.1) is 18.3 Å². The minimum absolute atomic E-state index is 0.110. The van der Waals surface area contributed by atoms with Crippen molar-refractivity contribution in [2.24, 2.45) is 11.3 Å². The Labute approximate surface area is 114 Å². The smallest absolute Gasteiger partial charge is 0.310 e. The molecule has 0 bridgehead atoms. The predicted octanol–water partition coefficient (Wildman–Crippen LogP) is 0.266. The first-order valence-electron chi connectivity index (χ1n) is 6.41. The number of ether oxygens (including phenoxy) is 1. The topological polar surface area (TPSA) is 92.7 Å². The van der Waals surface area contributed by atoms with Crippen molar-refractivity contribution in [3.63, 3.8) is 0 Å². The molecular weight excluding hydrogens is 270 g/mol. The summed E-state index contributed by atoms with van der Waals surface area (Å²) in [6, 6.07) is 0. The SMILES string of the molecule is COC(=O)C1CCCC1S(=O)(=O)NCC(C)(C)CO. The molecule has 0 heterocycles. The minimum atomic E-state index is -3.57. The van der Waals surface area contributed by atoms with E-state index in [0.717, 1.165) is 0 Å². The summed E-state index contributed by atoms with van der Waals surface area (Å²) in [5.41, 5.74) is -0.521. The zero-order chi connectivity index (χ0) is 14.7. The number of carbonyl (C=O) groups is 1. The summed E-state index contributed by atoms with van der Waals surface area (Å²) in [6.07, 6.45) is 1.71. The predicted molar refractivity (Wildman–Crippen MR) is 70.9 cm³/mol. The molecule has 6 nitrogen and oxygen atoms in total. The number of aliphatic hydroxyl groups excluding tert-OH is 1. The van der Waals surface area contributed by atoms with Crippen LogP contribution in [0, 0.1) is 11.3 Å². The number of hydrogen-bond acceptors (Lipinski definition) is 5. The number of sulfonamides is 1. The van der Waals surface area contributed by atoms with Gasteiger partial charge in [0.2, 0.25) is 10.0 Å². The Kier molecular flexibility index (Phi) is 5.34. The van der Waals surface area contributed by atoms with Crippen LogP contribution >= 0.6 is 0 Å². The summed E-state index contributed by atoms with van der Waals surface area (Å²) >= 11 is 0. The van der Waals surface area contributed by atoms with Crippen LogP contribution in [0.5, 0.6) is 0 Å². The standard InChI is InChI=1S/C12H23NO5S/c1-12(2,8-14)7-13-19(16,17)10-6-4-5-9(10)11(15)18-3/h9-10,13-14H,4-8H2,1-3H3. The first-order valence-corrected chi connectivity index (χ1v) is 7.95. The molecule has 19 heavy (non-hydrogen) atoms. The van der Waals surface area contributed by atoms with Crippen LogP contribution in [0.4, 0.5) is 0 Å². The van der Waals surface area contributed by atoms with E-state index < -0.39 is 32.6 Å². The van der Waals surface area contributed by atoms with Crippen molar-refractivity contribution in [3.8, 4) is 0 Å². The van der Waals surface area contributed by atoms with E-state index in [2.05, 4.69) is 9.46 Å². The van der Waals surface area contributed by atoms with Crippen LogP contribution in [-0.2, 0) is 19.6 Å². The maximum atomic E-state index is 12.2. The lowest BCUT2D eigenvalue weighted by molar-refractivity contribution is -0.145. The summed E-state index contributed by atoms with van der Waals surface area (Å²) in [6.45, 7) is 3.57. The lowest BCUT2D eigenvalue weighted by atomic mass is 9.96. The largest absolute Gasteiger partial charge is 0.469 e. The highest BCUT2D eigenvalue weighted by atomic mass is 32.2. The summed E-state index contributed by atoms with van der Waals surface area (Å²) in [5, 5.41) is 8.40. The van der Waals surface area contributed by atoms with Crippen LogP contribution < -0.4 is 4.72 Å². The molecule has 1 saturated carbocycles. The molecule has 0 radical (unpaired) electrons. The molecule has 0 aromatic carbocycles. The quantitative estimate of drug-likeness (QED) is 0.686. The Balaban J connectivity index is 2.74. The van der Waals surface area contributed by atoms with Crippen molar-refractivity contribution < 1.29 is 23.1 Å². The molecule has 7 heteroatoms. The Bertz CT molecular complexity index is 418. The van der Waals surface area contributed by atoms with Gasteiger partial charge in [-0.25, -0.2) is 13.1 Å². The molecule has 2 N–H and O–H groups in total. The second kappa shape index (κ2) is 6.19. The maximum Gasteiger partial charge on any atom is 0.310 e. The number of aliphatic hydroxyl groups is 1. The normalized spacial score (nSPS) is 24.4. The Hall–Kier alpha value is -0.660. The van der Waals surface area contributed by atoms with Crippen LogP contribution in [0.15, 0.2) is 0 Å². The molecule has 2 atom stereocenters. The van der Waals surface area contributed by atoms with E-state index >= 15 is 0 Å². The first-order chi connectivity index (χ1) is 8.73. The van der Waals surface area contributed by atoms with Crippen LogP contribution in [0.1, 0.15) is 33.1 Å². The monoisotopic (exact) mass is 293 g/mol. The van der Waals surface area contributed by atoms with Gasteiger partial charge in [0.15, 0.2) is 0 Å². The van der Waals surface area contributed by atoms with Gasteiger partial charge >= 0.3 is 5.97 Å². The third-order valence-electron chi connectivity index (χ3n) is 3.53. The number of esters is 1. The van der Waals surface area contributed by atoms with Gasteiger partial charge in [-0.05, 0) is 12.8 Å². The van der Waals surface area contributed by atoms with E-state index in [0.29, 0.717) is 19.3 Å². The first kappa shape index (κ1) is 16.4. The molecule has 0 spiro atoms. The number of rotatable bonds is 6. The zero-order valence-corrected chi connectivity index (χ0v) is 12.5. The molecule has 0 aliphatic heterocycles. The van der Waals surface area contributed by atoms with Gasteiger partial charge in [0.25, 0.3) is 0 Å². The van der Waals surface area contributed by atoms with Crippen LogP contribution in [0.25, 0.3) is 0 Å². The van der Waals surface area contributed by atoms with Crippen molar-refractivity contribution in [1.82, 2.24) is 4.72 Å². The lowest BCUT2D eigenvalue weighted by Crippen LogP contribution is -2.43. The van der Waals surface area contributed by atoms with Gasteiger partial charge in [0.1, 0.15) is 0 Å². The zero-order valence-electron chi connectivity index (χ0n) is 11.7. The molecule has 1 fully saturated rings. The van der Waals surface area contributed by atoms with Crippen molar-refractivity contribution in [2.45, 2.75) is 38.4 Å². The molecule has 0 saturated heterocycles. The molecule has 0 amide bonds. The Morgan fingerprint density at radius 1 is 1.42 bits per heavy atom. The summed E-state index contributed by atoms with van der Waals surface area (Å²) < 4.78 is 31.6. The fraction of sp³-hybridized carbons (Fsp3) is 0.917. The van der Waals surface area contributed by atoms with Crippen LogP contribution in [0.2, 0.25) is 0 Å². The number of hydrogen-bond donors (Lipinski definition) is 2. The second-order valence-electron chi connectivity index (χ2n) is 5.79. The summed E-state index contributed by atoms with van der Waals surface area (Å²) in [5.74, 6) is -1.05. The van der Waals surface area contributed by atoms with Crippen molar-refractivity contribution >= 4 is 16.0 Å². The van der Waals surface area contributed by atoms with Gasteiger partial charge in [-0.15, -0.1) is 0 Å². The maximum absolute atomic E-state index is 12.2. The van der Waals surface area contributed by atoms with Gasteiger partial charge in [-0.1, -0.05) is 20.3 Å². The van der Waals surface area contributed by atoms with Gasteiger partial charge < -0.3 is 9.84 Å². The molecule has 1 aliphatic rings. The minimum Gasteiger partial charge on any atom is -0.469 e. The van der Waals surface area contributed by atoms with E-state index in [1.807, 2.05) is 0 Å². The Morgan fingerprint density at radius 2 is 2.05 bits per heavy atom. The van der Waals surface area contributed by atoms with Crippen LogP contribution in [0.3, 0.4) is 0 Å². The van der Waals surface area contributed by atoms with E-state index in [9.17, 15) is 13.2 Å². The summed E-state index contributed by atoms with van der Waals surface area (Å²) in [7, 11) is -2.30. The molecule has 112 valence electrons. The Morgan fingerprint density at radius 3 is 2.58 bits per heavy atom. The highest BCUT2D eigenvalue weighted by Gasteiger charge is 2.42. The van der Waals surface area contributed by atoms with Gasteiger partial charge in [0, 0.05) is 18.6 Å². The fourth-order valence-electron chi connectivity index (χ4n) is 2.18. The molecule has 0 aromatic rings. The highest BCUT2D eigenvalue weighted by Crippen LogP contribution is 2.31. The fourth-order valence-corrected chi connectivity index (χ4v) is 4.14. The van der Waals surface area contributed by atoms with Crippen molar-refractivity contribution in [3.05, 3.63) is 0 Å². The second-order valence-corrected chi connectivity index (χ2v) is 7.77. The molecule has 1 aliphatic carbocycles. The van der Waals surface area contributed by atoms with E-state index in [-0.39, 0.29) is 13.2 Å². The molecule has 2 unspecified atom stereocenters. The number of methoxy groups -OCH3 is 1. The third kappa shape index (κ3) is 4.15. The lowest BCUT2D eigenvalue weighted by Gasteiger charge is -2.24. The average molecular weight is 293 g/mol. The van der Waals surface area contributed by atoms with E-state index in [1.165, 1.54) is 7.11 Å². The van der Waals surface area contributed by atoms with Gasteiger partial charge in [-0.2, -0.15) is 0 Å². The molecule has 0 aromatic heterocycles. The van der Waals surface area contributed by atoms with Crippen LogP contribution in [-0.4, -0.2) is 45.0 Å². The van der Waals surface area contributed by atoms with E-state index in [4.69, 9.17) is 5.11 Å². The number of nitrogens with one attached hydrogen (secondary N) is 1. The van der Waals surface area contributed by atoms with Gasteiger partial charge in [-0.3, -0.25) is 4.79 Å². The third-order valence-corrected chi connectivity index (χ3v) is 5.44. The van der Waals surface area contributed by atoms with Crippen molar-refractivity contribution in [1.29, 1.82) is 0 Å². The average Bonchev–Trinajstić information content (AvgIpc) is 2.86.